The molecule has 0 aliphatic carbocycles. The van der Waals surface area contributed by atoms with E-state index in [4.69, 9.17) is 18.0 Å². The molecular formula is C7H7ClN2. The van der Waals surface area contributed by atoms with Gasteiger partial charge in [-0.3, -0.25) is 4.68 Å². The van der Waals surface area contributed by atoms with Crippen LogP contribution in [0, 0.1) is 19.3 Å². The number of nitrogens with zero attached hydrogens (tertiary/aromatic N) is 2. The molecule has 0 spiro atoms. The zero-order valence-corrected chi connectivity index (χ0v) is 6.61. The summed E-state index contributed by atoms with van der Waals surface area (Å²) in [6.07, 6.45) is 5.17. The number of aromatic nitrogens is 2. The highest BCUT2D eigenvalue weighted by Gasteiger charge is 2.06. The average molecular weight is 155 g/mol. The van der Waals surface area contributed by atoms with Gasteiger partial charge < -0.3 is 0 Å². The van der Waals surface area contributed by atoms with Crippen molar-refractivity contribution >= 4 is 11.6 Å². The number of hydrogen-bond acceptors (Lipinski definition) is 1. The molecular weight excluding hydrogens is 148 g/mol. The molecule has 0 unspecified atom stereocenters. The van der Waals surface area contributed by atoms with E-state index in [1.807, 2.05) is 6.92 Å². The molecule has 0 fully saturated rings. The zero-order chi connectivity index (χ0) is 7.72. The van der Waals surface area contributed by atoms with Crippen molar-refractivity contribution in [1.29, 1.82) is 0 Å². The maximum atomic E-state index is 5.79. The summed E-state index contributed by atoms with van der Waals surface area (Å²) in [5, 5.41) is 4.60. The molecule has 10 heavy (non-hydrogen) atoms. The lowest BCUT2D eigenvalue weighted by Gasteiger charge is -1.88. The lowest BCUT2D eigenvalue weighted by atomic mass is 10.4. The van der Waals surface area contributed by atoms with E-state index in [9.17, 15) is 0 Å². The summed E-state index contributed by atoms with van der Waals surface area (Å²) in [4.78, 5) is 0. The topological polar surface area (TPSA) is 17.8 Å². The van der Waals surface area contributed by atoms with Crippen LogP contribution in [0.25, 0.3) is 0 Å². The number of hydrogen-bond donors (Lipinski definition) is 0. The largest absolute Gasteiger partial charge is 0.258 e. The van der Waals surface area contributed by atoms with E-state index in [1.54, 1.807) is 11.7 Å². The van der Waals surface area contributed by atoms with E-state index in [0.717, 1.165) is 5.69 Å². The molecule has 0 N–H and O–H groups in total. The molecule has 1 heterocycles. The lowest BCUT2D eigenvalue weighted by molar-refractivity contribution is 0.747. The maximum absolute atomic E-state index is 5.79. The van der Waals surface area contributed by atoms with E-state index in [-0.39, 0.29) is 0 Å². The number of halogens is 1. The Kier molecular flexibility index (Phi) is 1.69. The first kappa shape index (κ1) is 7.17. The summed E-state index contributed by atoms with van der Waals surface area (Å²) in [5.41, 5.74) is 1.41. The summed E-state index contributed by atoms with van der Waals surface area (Å²) >= 11 is 5.79. The third-order valence-corrected chi connectivity index (χ3v) is 1.74. The fraction of sp³-hybridized carbons (Fsp3) is 0.286. The highest BCUT2D eigenvalue weighted by atomic mass is 35.5. The first-order chi connectivity index (χ1) is 4.66. The molecule has 2 nitrogen and oxygen atoms in total. The molecule has 1 aromatic rings. The monoisotopic (exact) mass is 154 g/mol. The summed E-state index contributed by atoms with van der Waals surface area (Å²) in [7, 11) is 1.77. The average Bonchev–Trinajstić information content (AvgIpc) is 2.09. The van der Waals surface area contributed by atoms with Gasteiger partial charge in [0.25, 0.3) is 0 Å². The molecule has 0 amide bonds. The van der Waals surface area contributed by atoms with Crippen molar-refractivity contribution in [3.05, 3.63) is 16.4 Å². The van der Waals surface area contributed by atoms with Gasteiger partial charge in [-0.15, -0.1) is 6.42 Å². The smallest absolute Gasteiger partial charge is 0.129 e. The molecule has 52 valence electrons. The molecule has 1 aromatic heterocycles. The van der Waals surface area contributed by atoms with E-state index >= 15 is 0 Å². The highest BCUT2D eigenvalue weighted by molar-refractivity contribution is 6.32. The molecule has 0 saturated carbocycles. The third kappa shape index (κ3) is 0.891. The maximum Gasteiger partial charge on any atom is 0.129 e. The van der Waals surface area contributed by atoms with Crippen molar-refractivity contribution < 1.29 is 0 Å². The molecule has 1 rings (SSSR count). The Bertz CT molecular complexity index is 293. The van der Waals surface area contributed by atoms with Gasteiger partial charge in [-0.1, -0.05) is 11.6 Å². The minimum absolute atomic E-state index is 0.574. The van der Waals surface area contributed by atoms with Gasteiger partial charge in [-0.2, -0.15) is 5.10 Å². The Morgan fingerprint density at radius 1 is 1.70 bits per heavy atom. The summed E-state index contributed by atoms with van der Waals surface area (Å²) < 4.78 is 1.59. The molecule has 0 saturated heterocycles. The Balaban J connectivity index is 3.37. The van der Waals surface area contributed by atoms with Crippen LogP contribution >= 0.6 is 11.6 Å². The Hall–Kier alpha value is -0.940. The van der Waals surface area contributed by atoms with Crippen LogP contribution < -0.4 is 0 Å². The van der Waals surface area contributed by atoms with E-state index in [2.05, 4.69) is 11.0 Å². The minimum atomic E-state index is 0.574. The van der Waals surface area contributed by atoms with Gasteiger partial charge in [-0.25, -0.2) is 0 Å². The molecule has 0 bridgehead atoms. The van der Waals surface area contributed by atoms with E-state index in [1.165, 1.54) is 0 Å². The normalized spacial score (nSPS) is 9.40. The van der Waals surface area contributed by atoms with Gasteiger partial charge in [0.1, 0.15) is 5.69 Å². The Labute approximate surface area is 64.8 Å². The standard InChI is InChI=1S/C7H7ClN2/c1-4-6-7(8)5(2)9-10(6)3/h1H,2-3H3. The molecule has 0 aliphatic heterocycles. The fourth-order valence-corrected chi connectivity index (χ4v) is 1.00. The summed E-state index contributed by atoms with van der Waals surface area (Å²) in [5.74, 6) is 2.45. The van der Waals surface area contributed by atoms with Gasteiger partial charge in [0.2, 0.25) is 0 Å². The predicted octanol–water partition coefficient (Wildman–Crippen LogP) is 1.36. The van der Waals surface area contributed by atoms with Gasteiger partial charge in [-0.05, 0) is 12.8 Å². The van der Waals surface area contributed by atoms with Crippen LogP contribution in [0.2, 0.25) is 5.02 Å². The van der Waals surface area contributed by atoms with Crippen LogP contribution in [0.5, 0.6) is 0 Å². The number of rotatable bonds is 0. The van der Waals surface area contributed by atoms with Crippen LogP contribution in [-0.4, -0.2) is 9.78 Å². The fourth-order valence-electron chi connectivity index (χ4n) is 0.789. The molecule has 0 atom stereocenters. The third-order valence-electron chi connectivity index (χ3n) is 1.29. The predicted molar refractivity (Wildman–Crippen MR) is 40.9 cm³/mol. The van der Waals surface area contributed by atoms with E-state index < -0.39 is 0 Å². The van der Waals surface area contributed by atoms with Crippen LogP contribution in [-0.2, 0) is 7.05 Å². The van der Waals surface area contributed by atoms with Crippen molar-refractivity contribution in [3.8, 4) is 12.3 Å². The van der Waals surface area contributed by atoms with Crippen molar-refractivity contribution in [3.63, 3.8) is 0 Å². The van der Waals surface area contributed by atoms with Crippen LogP contribution in [0.3, 0.4) is 0 Å². The quantitative estimate of drug-likeness (QED) is 0.516. The number of aryl methyl sites for hydroxylation is 2. The van der Waals surface area contributed by atoms with Crippen molar-refractivity contribution in [2.45, 2.75) is 6.92 Å². The van der Waals surface area contributed by atoms with Crippen molar-refractivity contribution in [2.24, 2.45) is 7.05 Å². The molecule has 0 radical (unpaired) electrons. The minimum Gasteiger partial charge on any atom is -0.258 e. The van der Waals surface area contributed by atoms with Gasteiger partial charge >= 0.3 is 0 Å². The highest BCUT2D eigenvalue weighted by Crippen LogP contribution is 2.17. The van der Waals surface area contributed by atoms with Gasteiger partial charge in [0.15, 0.2) is 0 Å². The number of terminal acetylenes is 1. The van der Waals surface area contributed by atoms with Gasteiger partial charge in [0, 0.05) is 7.05 Å². The second-order valence-electron chi connectivity index (χ2n) is 2.02. The summed E-state index contributed by atoms with van der Waals surface area (Å²) in [6, 6.07) is 0. The Morgan fingerprint density at radius 3 is 2.50 bits per heavy atom. The SMILES string of the molecule is C#Cc1c(Cl)c(C)nn1C. The van der Waals surface area contributed by atoms with Crippen molar-refractivity contribution in [1.82, 2.24) is 9.78 Å². The molecule has 3 heteroatoms. The van der Waals surface area contributed by atoms with E-state index in [0.29, 0.717) is 10.7 Å². The van der Waals surface area contributed by atoms with Crippen LogP contribution in [0.4, 0.5) is 0 Å². The first-order valence-corrected chi connectivity index (χ1v) is 3.20. The van der Waals surface area contributed by atoms with Crippen LogP contribution in [0.1, 0.15) is 11.4 Å². The molecule has 0 aromatic carbocycles. The van der Waals surface area contributed by atoms with Crippen molar-refractivity contribution in [2.75, 3.05) is 0 Å². The molecule has 0 aliphatic rings. The summed E-state index contributed by atoms with van der Waals surface area (Å²) in [6.45, 7) is 1.82. The Morgan fingerprint density at radius 2 is 2.30 bits per heavy atom. The van der Waals surface area contributed by atoms with Gasteiger partial charge in [0.05, 0.1) is 10.7 Å². The lowest BCUT2D eigenvalue weighted by Crippen LogP contribution is -1.93. The second-order valence-corrected chi connectivity index (χ2v) is 2.39. The zero-order valence-electron chi connectivity index (χ0n) is 5.85. The van der Waals surface area contributed by atoms with Crippen LogP contribution in [0.15, 0.2) is 0 Å². The first-order valence-electron chi connectivity index (χ1n) is 2.82. The second kappa shape index (κ2) is 2.36.